The topological polar surface area (TPSA) is 103 Å². The monoisotopic (exact) mass is 414 g/mol. The molecule has 0 unspecified atom stereocenters. The molecule has 3 N–H and O–H groups in total. The number of hydrogen-bond acceptors (Lipinski definition) is 6. The molecule has 156 valence electrons. The molecule has 0 aliphatic carbocycles. The maximum Gasteiger partial charge on any atom is 0.249 e. The number of hydrogen-bond donors (Lipinski definition) is 2. The number of carbonyl (C=O) groups excluding carboxylic acids is 1. The van der Waals surface area contributed by atoms with Crippen LogP contribution >= 0.6 is 0 Å². The number of anilines is 1. The highest BCUT2D eigenvalue weighted by Crippen LogP contribution is 2.33. The van der Waals surface area contributed by atoms with Crippen molar-refractivity contribution < 1.29 is 13.9 Å². The number of fused-ring (bicyclic) bond motifs is 2. The van der Waals surface area contributed by atoms with Gasteiger partial charge < -0.3 is 20.2 Å². The Morgan fingerprint density at radius 1 is 1.00 bits per heavy atom. The highest BCUT2D eigenvalue weighted by Gasteiger charge is 2.21. The van der Waals surface area contributed by atoms with E-state index in [1.165, 1.54) is 0 Å². The molecule has 0 bridgehead atoms. The summed E-state index contributed by atoms with van der Waals surface area (Å²) in [5, 5.41) is 4.89. The van der Waals surface area contributed by atoms with Gasteiger partial charge in [0.1, 0.15) is 12.1 Å². The van der Waals surface area contributed by atoms with E-state index in [1.54, 1.807) is 18.4 Å². The molecule has 7 heteroatoms. The zero-order valence-electron chi connectivity index (χ0n) is 16.9. The molecule has 1 aliphatic rings. The van der Waals surface area contributed by atoms with Crippen LogP contribution in [0, 0.1) is 0 Å². The quantitative estimate of drug-likeness (QED) is 0.516. The Balaban J connectivity index is 1.59. The molecule has 0 atom stereocenters. The highest BCUT2D eigenvalue weighted by atomic mass is 16.5. The second-order valence-corrected chi connectivity index (χ2v) is 7.47. The maximum absolute atomic E-state index is 11.8. The van der Waals surface area contributed by atoms with Crippen molar-refractivity contribution in [2.45, 2.75) is 19.4 Å². The number of aromatic nitrogens is 2. The second-order valence-electron chi connectivity index (χ2n) is 7.47. The number of nitrogens with zero attached hydrogens (tertiary/aromatic N) is 2. The van der Waals surface area contributed by atoms with Crippen LogP contribution in [-0.2, 0) is 24.1 Å². The molecule has 31 heavy (non-hydrogen) atoms. The number of amides is 1. The number of nitrogens with one attached hydrogen (secondary N) is 1. The number of nitrogens with two attached hydrogens (primary N) is 1. The van der Waals surface area contributed by atoms with Crippen molar-refractivity contribution in [1.82, 2.24) is 9.97 Å². The van der Waals surface area contributed by atoms with E-state index in [0.29, 0.717) is 48.7 Å². The lowest BCUT2D eigenvalue weighted by Crippen LogP contribution is -2.11. The van der Waals surface area contributed by atoms with Gasteiger partial charge in [0.25, 0.3) is 0 Å². The van der Waals surface area contributed by atoms with E-state index >= 15 is 0 Å². The molecule has 0 spiro atoms. The van der Waals surface area contributed by atoms with E-state index in [2.05, 4.69) is 17.4 Å². The molecule has 7 nitrogen and oxygen atoms in total. The van der Waals surface area contributed by atoms with E-state index in [1.807, 2.05) is 24.3 Å². The van der Waals surface area contributed by atoms with E-state index < -0.39 is 5.91 Å². The first kappa shape index (κ1) is 19.3. The van der Waals surface area contributed by atoms with Crippen LogP contribution in [0.15, 0.2) is 59.2 Å². The van der Waals surface area contributed by atoms with Gasteiger partial charge in [0.15, 0.2) is 11.6 Å². The highest BCUT2D eigenvalue weighted by molar-refractivity contribution is 6.08. The van der Waals surface area contributed by atoms with Crippen molar-refractivity contribution in [3.63, 3.8) is 0 Å². The fraction of sp³-hybridized carbons (Fsp3) is 0.208. The Kier molecular flexibility index (Phi) is 5.09. The molecule has 3 heterocycles. The summed E-state index contributed by atoms with van der Waals surface area (Å²) >= 11 is 0. The first-order valence-corrected chi connectivity index (χ1v) is 10.3. The minimum Gasteiger partial charge on any atom is -0.460 e. The van der Waals surface area contributed by atoms with E-state index in [9.17, 15) is 4.79 Å². The summed E-state index contributed by atoms with van der Waals surface area (Å²) in [6.07, 6.45) is 2.99. The Labute approximate surface area is 179 Å². The summed E-state index contributed by atoms with van der Waals surface area (Å²) in [6, 6.07) is 15.5. The molecule has 5 rings (SSSR count). The first-order valence-electron chi connectivity index (χ1n) is 10.3. The van der Waals surface area contributed by atoms with Gasteiger partial charge in [-0.05, 0) is 11.6 Å². The SMILES string of the molecule is NC(=O)c1cccc2c(-c3nc4c(c(NCc5ccccc5)n3)CCOCC4)occ12. The number of furan rings is 1. The summed E-state index contributed by atoms with van der Waals surface area (Å²) in [7, 11) is 0. The van der Waals surface area contributed by atoms with Crippen LogP contribution in [0.3, 0.4) is 0 Å². The lowest BCUT2D eigenvalue weighted by molar-refractivity contribution is 0.100. The van der Waals surface area contributed by atoms with Crippen molar-refractivity contribution >= 4 is 22.5 Å². The number of carbonyl (C=O) groups is 1. The van der Waals surface area contributed by atoms with Gasteiger partial charge in [-0.2, -0.15) is 0 Å². The summed E-state index contributed by atoms with van der Waals surface area (Å²) < 4.78 is 11.5. The molecule has 0 fully saturated rings. The van der Waals surface area contributed by atoms with E-state index in [4.69, 9.17) is 24.9 Å². The second kappa shape index (κ2) is 8.20. The fourth-order valence-corrected chi connectivity index (χ4v) is 3.93. The molecule has 2 aromatic heterocycles. The van der Waals surface area contributed by atoms with Crippen LogP contribution < -0.4 is 11.1 Å². The van der Waals surface area contributed by atoms with Crippen LogP contribution in [0.1, 0.15) is 27.2 Å². The van der Waals surface area contributed by atoms with Crippen molar-refractivity contribution in [1.29, 1.82) is 0 Å². The molecule has 0 radical (unpaired) electrons. The third-order valence-electron chi connectivity index (χ3n) is 5.49. The largest absolute Gasteiger partial charge is 0.460 e. The third kappa shape index (κ3) is 3.75. The third-order valence-corrected chi connectivity index (χ3v) is 5.49. The van der Waals surface area contributed by atoms with Gasteiger partial charge in [0.2, 0.25) is 5.91 Å². The standard InChI is InChI=1S/C24H22N4O3/c25-22(29)17-8-4-7-16-19(17)14-31-21(16)24-27-20-10-12-30-11-9-18(20)23(28-24)26-13-15-5-2-1-3-6-15/h1-8,14H,9-13H2,(H2,25,29)(H,26,27,28). The first-order chi connectivity index (χ1) is 15.2. The molecule has 1 aliphatic heterocycles. The van der Waals surface area contributed by atoms with E-state index in [0.717, 1.165) is 34.4 Å². The zero-order chi connectivity index (χ0) is 21.2. The van der Waals surface area contributed by atoms with Crippen molar-refractivity contribution in [3.05, 3.63) is 77.2 Å². The summed E-state index contributed by atoms with van der Waals surface area (Å²) in [4.78, 5) is 21.4. The average Bonchev–Trinajstić information content (AvgIpc) is 3.08. The summed E-state index contributed by atoms with van der Waals surface area (Å²) in [5.74, 6) is 1.29. The number of primary amides is 1. The van der Waals surface area contributed by atoms with Gasteiger partial charge in [0.05, 0.1) is 24.5 Å². The minimum absolute atomic E-state index is 0.415. The molecule has 0 saturated heterocycles. The smallest absolute Gasteiger partial charge is 0.249 e. The predicted octanol–water partition coefficient (Wildman–Crippen LogP) is 3.72. The van der Waals surface area contributed by atoms with Gasteiger partial charge in [-0.25, -0.2) is 9.97 Å². The Morgan fingerprint density at radius 2 is 1.84 bits per heavy atom. The number of ether oxygens (including phenoxy) is 1. The number of benzene rings is 2. The normalized spacial score (nSPS) is 13.5. The van der Waals surface area contributed by atoms with Crippen molar-refractivity contribution in [2.24, 2.45) is 5.73 Å². The lowest BCUT2D eigenvalue weighted by Gasteiger charge is -2.14. The Morgan fingerprint density at radius 3 is 2.68 bits per heavy atom. The summed E-state index contributed by atoms with van der Waals surface area (Å²) in [5.41, 5.74) is 9.12. The van der Waals surface area contributed by atoms with Crippen molar-refractivity contribution in [3.8, 4) is 11.6 Å². The van der Waals surface area contributed by atoms with Crippen LogP contribution in [0.5, 0.6) is 0 Å². The number of rotatable bonds is 5. The van der Waals surface area contributed by atoms with Crippen LogP contribution in [-0.4, -0.2) is 29.1 Å². The molecule has 1 amide bonds. The molecule has 4 aromatic rings. The lowest BCUT2D eigenvalue weighted by atomic mass is 10.1. The summed E-state index contributed by atoms with van der Waals surface area (Å²) in [6.45, 7) is 1.91. The Bertz CT molecular complexity index is 1250. The average molecular weight is 414 g/mol. The van der Waals surface area contributed by atoms with Gasteiger partial charge in [0, 0.05) is 35.7 Å². The molecular formula is C24H22N4O3. The molecule has 0 saturated carbocycles. The maximum atomic E-state index is 11.8. The molecule has 2 aromatic carbocycles. The van der Waals surface area contributed by atoms with Gasteiger partial charge >= 0.3 is 0 Å². The predicted molar refractivity (Wildman–Crippen MR) is 118 cm³/mol. The van der Waals surface area contributed by atoms with Crippen LogP contribution in [0.25, 0.3) is 22.4 Å². The van der Waals surface area contributed by atoms with Crippen LogP contribution in [0.4, 0.5) is 5.82 Å². The van der Waals surface area contributed by atoms with Crippen molar-refractivity contribution in [2.75, 3.05) is 18.5 Å². The zero-order valence-corrected chi connectivity index (χ0v) is 16.9. The van der Waals surface area contributed by atoms with Gasteiger partial charge in [-0.3, -0.25) is 4.79 Å². The van der Waals surface area contributed by atoms with Crippen LogP contribution in [0.2, 0.25) is 0 Å². The fourth-order valence-electron chi connectivity index (χ4n) is 3.93. The van der Waals surface area contributed by atoms with Gasteiger partial charge in [-0.15, -0.1) is 0 Å². The van der Waals surface area contributed by atoms with Gasteiger partial charge in [-0.1, -0.05) is 42.5 Å². The minimum atomic E-state index is -0.497. The molecular weight excluding hydrogens is 392 g/mol. The Hall–Kier alpha value is -3.71. The van der Waals surface area contributed by atoms with E-state index in [-0.39, 0.29) is 0 Å².